The number of benzene rings is 1. The normalized spacial score (nSPS) is 18.7. The van der Waals surface area contributed by atoms with Gasteiger partial charge >= 0.3 is 0 Å². The van der Waals surface area contributed by atoms with Crippen molar-refractivity contribution in [1.82, 2.24) is 15.1 Å². The quantitative estimate of drug-likeness (QED) is 0.826. The topological polar surface area (TPSA) is 84.2 Å². The molecule has 116 valence electrons. The van der Waals surface area contributed by atoms with Crippen LogP contribution in [0.4, 0.5) is 0 Å². The first-order valence-electron chi connectivity index (χ1n) is 7.50. The molecule has 0 aliphatic carbocycles. The molecule has 1 atom stereocenters. The molecule has 1 fully saturated rings. The maximum atomic E-state index is 12.1. The molecule has 6 heteroatoms. The molecular formula is C16H19N3O3. The fraction of sp³-hybridized carbons (Fsp3) is 0.438. The van der Waals surface area contributed by atoms with Crippen LogP contribution in [-0.2, 0) is 23.1 Å². The molecular weight excluding hydrogens is 282 g/mol. The molecule has 2 aromatic rings. The Labute approximate surface area is 128 Å². The Morgan fingerprint density at radius 2 is 2.23 bits per heavy atom. The lowest BCUT2D eigenvalue weighted by Crippen LogP contribution is -2.39. The Kier molecular flexibility index (Phi) is 3.94. The van der Waals surface area contributed by atoms with Crippen molar-refractivity contribution in [3.8, 4) is 0 Å². The van der Waals surface area contributed by atoms with Crippen LogP contribution in [-0.4, -0.2) is 33.3 Å². The molecule has 0 radical (unpaired) electrons. The predicted molar refractivity (Wildman–Crippen MR) is 81.2 cm³/mol. The van der Waals surface area contributed by atoms with Gasteiger partial charge in [-0.05, 0) is 30.9 Å². The van der Waals surface area contributed by atoms with Crippen molar-refractivity contribution < 1.29 is 14.7 Å². The number of aliphatic hydroxyl groups is 1. The molecule has 1 unspecified atom stereocenters. The van der Waals surface area contributed by atoms with Gasteiger partial charge < -0.3 is 5.11 Å². The number of nitrogens with one attached hydrogen (secondary N) is 1. The van der Waals surface area contributed by atoms with Crippen LogP contribution in [0.1, 0.15) is 36.4 Å². The smallest absolute Gasteiger partial charge is 0.235 e. The second kappa shape index (κ2) is 5.88. The number of fused-ring (bicyclic) bond motifs is 1. The van der Waals surface area contributed by atoms with E-state index in [0.29, 0.717) is 12.8 Å². The summed E-state index contributed by atoms with van der Waals surface area (Å²) in [5.41, 5.74) is 2.84. The van der Waals surface area contributed by atoms with Crippen LogP contribution in [0.2, 0.25) is 0 Å². The fourth-order valence-electron chi connectivity index (χ4n) is 2.98. The zero-order valence-corrected chi connectivity index (χ0v) is 12.5. The largest absolute Gasteiger partial charge is 0.396 e. The van der Waals surface area contributed by atoms with Crippen LogP contribution in [0.5, 0.6) is 0 Å². The monoisotopic (exact) mass is 301 g/mol. The maximum Gasteiger partial charge on any atom is 0.235 e. The summed E-state index contributed by atoms with van der Waals surface area (Å²) < 4.78 is 1.77. The highest BCUT2D eigenvalue weighted by molar-refractivity contribution is 6.02. The van der Waals surface area contributed by atoms with Gasteiger partial charge in [0.1, 0.15) is 0 Å². The van der Waals surface area contributed by atoms with E-state index in [-0.39, 0.29) is 24.3 Å². The third-order valence-electron chi connectivity index (χ3n) is 4.14. The first kappa shape index (κ1) is 14.7. The molecule has 1 aromatic heterocycles. The summed E-state index contributed by atoms with van der Waals surface area (Å²) in [6.07, 6.45) is 2.39. The van der Waals surface area contributed by atoms with Crippen molar-refractivity contribution in [1.29, 1.82) is 0 Å². The summed E-state index contributed by atoms with van der Waals surface area (Å²) >= 11 is 0. The summed E-state index contributed by atoms with van der Waals surface area (Å²) in [6.45, 7) is 0.172. The van der Waals surface area contributed by atoms with Gasteiger partial charge in [-0.15, -0.1) is 0 Å². The van der Waals surface area contributed by atoms with Gasteiger partial charge in [0.2, 0.25) is 11.8 Å². The number of rotatable bonds is 4. The molecule has 22 heavy (non-hydrogen) atoms. The van der Waals surface area contributed by atoms with E-state index < -0.39 is 0 Å². The van der Waals surface area contributed by atoms with Gasteiger partial charge in [-0.2, -0.15) is 5.10 Å². The Morgan fingerprint density at radius 1 is 1.41 bits per heavy atom. The summed E-state index contributed by atoms with van der Waals surface area (Å²) in [4.78, 5) is 23.3. The van der Waals surface area contributed by atoms with Crippen molar-refractivity contribution >= 4 is 22.7 Å². The highest BCUT2D eigenvalue weighted by Crippen LogP contribution is 2.30. The number of hydrogen-bond acceptors (Lipinski definition) is 4. The van der Waals surface area contributed by atoms with Crippen LogP contribution in [0.15, 0.2) is 18.2 Å². The average Bonchev–Trinajstić information content (AvgIpc) is 2.82. The van der Waals surface area contributed by atoms with E-state index in [1.165, 1.54) is 0 Å². The van der Waals surface area contributed by atoms with E-state index in [4.69, 9.17) is 5.11 Å². The summed E-state index contributed by atoms with van der Waals surface area (Å²) in [7, 11) is 1.85. The van der Waals surface area contributed by atoms with Gasteiger partial charge in [-0.1, -0.05) is 12.1 Å². The number of nitrogens with zero attached hydrogens (tertiary/aromatic N) is 2. The van der Waals surface area contributed by atoms with Crippen LogP contribution in [0.3, 0.4) is 0 Å². The number of carbonyl (C=O) groups is 2. The molecule has 1 aromatic carbocycles. The van der Waals surface area contributed by atoms with E-state index in [0.717, 1.165) is 35.0 Å². The second-order valence-electron chi connectivity index (χ2n) is 5.69. The lowest BCUT2D eigenvalue weighted by molar-refractivity contribution is -0.134. The third kappa shape index (κ3) is 2.62. The lowest BCUT2D eigenvalue weighted by Gasteiger charge is -2.19. The summed E-state index contributed by atoms with van der Waals surface area (Å²) in [5.74, 6) is -0.849. The number of aliphatic hydroxyl groups excluding tert-OH is 1. The molecule has 3 rings (SSSR count). The standard InChI is InChI=1S/C16H19N3O3/c1-19-13-9-10(3-2-8-20)4-5-11(13)15(18-19)12-6-7-14(21)17-16(12)22/h4-5,9,12,20H,2-3,6-8H2,1H3,(H,17,21,22). The first-order valence-corrected chi connectivity index (χ1v) is 7.50. The molecule has 2 heterocycles. The number of amides is 2. The molecule has 1 saturated heterocycles. The number of aromatic nitrogens is 2. The predicted octanol–water partition coefficient (Wildman–Crippen LogP) is 1.02. The SMILES string of the molecule is Cn1nc(C2CCC(=O)NC2=O)c2ccc(CCCO)cc21. The highest BCUT2D eigenvalue weighted by Gasteiger charge is 2.31. The molecule has 1 aliphatic rings. The summed E-state index contributed by atoms with van der Waals surface area (Å²) in [6, 6.07) is 6.04. The van der Waals surface area contributed by atoms with E-state index in [2.05, 4.69) is 10.4 Å². The number of aryl methyl sites for hydroxylation is 2. The van der Waals surface area contributed by atoms with Crippen molar-refractivity contribution in [3.05, 3.63) is 29.5 Å². The van der Waals surface area contributed by atoms with Crippen LogP contribution in [0.25, 0.3) is 10.9 Å². The Bertz CT molecular complexity index is 736. The van der Waals surface area contributed by atoms with Gasteiger partial charge in [0.05, 0.1) is 17.1 Å². The van der Waals surface area contributed by atoms with Gasteiger partial charge in [0, 0.05) is 25.5 Å². The fourth-order valence-corrected chi connectivity index (χ4v) is 2.98. The lowest BCUT2D eigenvalue weighted by atomic mass is 9.92. The molecule has 0 spiro atoms. The van der Waals surface area contributed by atoms with Gasteiger partial charge in [0.25, 0.3) is 0 Å². The Balaban J connectivity index is 1.97. The van der Waals surface area contributed by atoms with Crippen LogP contribution < -0.4 is 5.32 Å². The molecule has 2 N–H and O–H groups in total. The maximum absolute atomic E-state index is 12.1. The highest BCUT2D eigenvalue weighted by atomic mass is 16.3. The van der Waals surface area contributed by atoms with Gasteiger partial charge in [-0.25, -0.2) is 0 Å². The third-order valence-corrected chi connectivity index (χ3v) is 4.14. The minimum Gasteiger partial charge on any atom is -0.396 e. The van der Waals surface area contributed by atoms with Gasteiger partial charge in [-0.3, -0.25) is 19.6 Å². The molecule has 0 bridgehead atoms. The van der Waals surface area contributed by atoms with Gasteiger partial charge in [0.15, 0.2) is 0 Å². The zero-order valence-electron chi connectivity index (χ0n) is 12.5. The van der Waals surface area contributed by atoms with Crippen molar-refractivity contribution in [2.75, 3.05) is 6.61 Å². The Morgan fingerprint density at radius 3 is 2.95 bits per heavy atom. The molecule has 2 amide bonds. The molecule has 6 nitrogen and oxygen atoms in total. The Hall–Kier alpha value is -2.21. The van der Waals surface area contributed by atoms with Crippen LogP contribution >= 0.6 is 0 Å². The second-order valence-corrected chi connectivity index (χ2v) is 5.69. The number of piperidine rings is 1. The minimum atomic E-state index is -0.371. The number of imide groups is 1. The average molecular weight is 301 g/mol. The first-order chi connectivity index (χ1) is 10.6. The molecule has 0 saturated carbocycles. The van der Waals surface area contributed by atoms with E-state index in [1.807, 2.05) is 25.2 Å². The van der Waals surface area contributed by atoms with E-state index in [1.54, 1.807) is 4.68 Å². The zero-order chi connectivity index (χ0) is 15.7. The van der Waals surface area contributed by atoms with E-state index >= 15 is 0 Å². The van der Waals surface area contributed by atoms with E-state index in [9.17, 15) is 9.59 Å². The van der Waals surface area contributed by atoms with Crippen molar-refractivity contribution in [2.24, 2.45) is 7.05 Å². The summed E-state index contributed by atoms with van der Waals surface area (Å²) in [5, 5.41) is 16.8. The van der Waals surface area contributed by atoms with Crippen LogP contribution in [0, 0.1) is 0 Å². The minimum absolute atomic E-state index is 0.172. The number of carbonyl (C=O) groups excluding carboxylic acids is 2. The van der Waals surface area contributed by atoms with Crippen molar-refractivity contribution in [3.63, 3.8) is 0 Å². The van der Waals surface area contributed by atoms with Crippen molar-refractivity contribution in [2.45, 2.75) is 31.6 Å². The molecule has 1 aliphatic heterocycles. The number of hydrogen-bond donors (Lipinski definition) is 2.